The molecule has 7 aromatic carbocycles. The van der Waals surface area contributed by atoms with Gasteiger partial charge in [0.15, 0.2) is 0 Å². The van der Waals surface area contributed by atoms with E-state index in [-0.39, 0.29) is 5.41 Å². The van der Waals surface area contributed by atoms with E-state index in [1.807, 2.05) is 0 Å². The molecule has 0 fully saturated rings. The van der Waals surface area contributed by atoms with Gasteiger partial charge in [-0.25, -0.2) is 0 Å². The molecule has 41 heavy (non-hydrogen) atoms. The monoisotopic (exact) mass is 520 g/mol. The van der Waals surface area contributed by atoms with Crippen molar-refractivity contribution in [3.8, 4) is 55.6 Å². The predicted octanol–water partition coefficient (Wildman–Crippen LogP) is 11.3. The standard InChI is InChI=1S/C41H28/c1-41(2)36-19-6-5-16-31(36)32-21-20-27(24-37(32)41)26-13-7-14-28(22-26)35-23-29-10-3-4-15-30(29)39-33-17-8-11-25-12-9-18-34(38(25)33)40(35)39/h3-24H,1-2H3. The van der Waals surface area contributed by atoms with Gasteiger partial charge in [-0.05, 0) is 107 Å². The molecule has 9 rings (SSSR count). The summed E-state index contributed by atoms with van der Waals surface area (Å²) in [6.45, 7) is 4.71. The molecule has 7 aromatic rings. The fourth-order valence-electron chi connectivity index (χ4n) is 7.64. The van der Waals surface area contributed by atoms with Crippen molar-refractivity contribution < 1.29 is 0 Å². The van der Waals surface area contributed by atoms with Crippen molar-refractivity contribution in [2.75, 3.05) is 0 Å². The number of hydrogen-bond acceptors (Lipinski definition) is 0. The lowest BCUT2D eigenvalue weighted by Crippen LogP contribution is -2.14. The Bertz CT molecular complexity index is 2220. The van der Waals surface area contributed by atoms with E-state index >= 15 is 0 Å². The van der Waals surface area contributed by atoms with Crippen LogP contribution in [0.3, 0.4) is 0 Å². The van der Waals surface area contributed by atoms with Crippen molar-refractivity contribution in [3.05, 3.63) is 145 Å². The van der Waals surface area contributed by atoms with Crippen LogP contribution in [-0.2, 0) is 5.41 Å². The quantitative estimate of drug-likeness (QED) is 0.213. The van der Waals surface area contributed by atoms with E-state index in [1.54, 1.807) is 0 Å². The van der Waals surface area contributed by atoms with E-state index in [0.29, 0.717) is 0 Å². The summed E-state index contributed by atoms with van der Waals surface area (Å²) >= 11 is 0. The van der Waals surface area contributed by atoms with Gasteiger partial charge in [0.05, 0.1) is 0 Å². The first-order valence-electron chi connectivity index (χ1n) is 14.5. The molecule has 192 valence electrons. The van der Waals surface area contributed by atoms with Crippen LogP contribution in [0, 0.1) is 0 Å². The van der Waals surface area contributed by atoms with E-state index < -0.39 is 0 Å². The van der Waals surface area contributed by atoms with Gasteiger partial charge in [0.2, 0.25) is 0 Å². The predicted molar refractivity (Wildman–Crippen MR) is 174 cm³/mol. The summed E-state index contributed by atoms with van der Waals surface area (Å²) in [5.74, 6) is 0. The molecule has 0 aromatic heterocycles. The Morgan fingerprint density at radius 3 is 1.90 bits per heavy atom. The van der Waals surface area contributed by atoms with Gasteiger partial charge in [0.25, 0.3) is 0 Å². The summed E-state index contributed by atoms with van der Waals surface area (Å²) in [6.07, 6.45) is 0. The fraction of sp³-hybridized carbons (Fsp3) is 0.0732. The summed E-state index contributed by atoms with van der Waals surface area (Å²) in [5.41, 5.74) is 16.1. The largest absolute Gasteiger partial charge is 0.0619 e. The Labute approximate surface area is 240 Å². The first kappa shape index (κ1) is 22.8. The van der Waals surface area contributed by atoms with Gasteiger partial charge >= 0.3 is 0 Å². The Morgan fingerprint density at radius 2 is 1.02 bits per heavy atom. The van der Waals surface area contributed by atoms with Crippen molar-refractivity contribution in [2.45, 2.75) is 19.3 Å². The van der Waals surface area contributed by atoms with Gasteiger partial charge in [-0.3, -0.25) is 0 Å². The van der Waals surface area contributed by atoms with Crippen LogP contribution in [0.15, 0.2) is 133 Å². The molecule has 0 saturated heterocycles. The van der Waals surface area contributed by atoms with Crippen LogP contribution in [0.25, 0.3) is 77.2 Å². The van der Waals surface area contributed by atoms with Crippen LogP contribution in [-0.4, -0.2) is 0 Å². The van der Waals surface area contributed by atoms with Crippen molar-refractivity contribution >= 4 is 21.5 Å². The molecule has 0 radical (unpaired) electrons. The van der Waals surface area contributed by atoms with Crippen LogP contribution in [0.1, 0.15) is 25.0 Å². The van der Waals surface area contributed by atoms with E-state index in [0.717, 1.165) is 0 Å². The highest BCUT2D eigenvalue weighted by atomic mass is 14.4. The molecule has 2 aliphatic rings. The Balaban J connectivity index is 1.26. The van der Waals surface area contributed by atoms with Gasteiger partial charge in [-0.2, -0.15) is 0 Å². The zero-order chi connectivity index (χ0) is 27.3. The topological polar surface area (TPSA) is 0 Å². The molecule has 0 nitrogen and oxygen atoms in total. The molecule has 0 heteroatoms. The molecule has 2 aliphatic carbocycles. The van der Waals surface area contributed by atoms with Gasteiger partial charge in [-0.1, -0.05) is 129 Å². The highest BCUT2D eigenvalue weighted by Gasteiger charge is 2.35. The normalized spacial score (nSPS) is 13.8. The average Bonchev–Trinajstić information content (AvgIpc) is 3.48. The summed E-state index contributed by atoms with van der Waals surface area (Å²) in [4.78, 5) is 0. The fourth-order valence-corrected chi connectivity index (χ4v) is 7.64. The lowest BCUT2D eigenvalue weighted by molar-refractivity contribution is 0.660. The number of rotatable bonds is 2. The second-order valence-electron chi connectivity index (χ2n) is 12.1. The summed E-state index contributed by atoms with van der Waals surface area (Å²) in [5, 5.41) is 5.29. The number of fused-ring (bicyclic) bond motifs is 8. The van der Waals surface area contributed by atoms with Gasteiger partial charge < -0.3 is 0 Å². The lowest BCUT2D eigenvalue weighted by atomic mass is 9.81. The number of benzene rings is 7. The molecule has 0 amide bonds. The van der Waals surface area contributed by atoms with Crippen molar-refractivity contribution in [3.63, 3.8) is 0 Å². The second-order valence-corrected chi connectivity index (χ2v) is 12.1. The molecule has 0 unspecified atom stereocenters. The maximum absolute atomic E-state index is 2.43. The number of hydrogen-bond donors (Lipinski definition) is 0. The van der Waals surface area contributed by atoms with Crippen molar-refractivity contribution in [2.24, 2.45) is 0 Å². The van der Waals surface area contributed by atoms with Crippen LogP contribution >= 0.6 is 0 Å². The highest BCUT2D eigenvalue weighted by molar-refractivity contribution is 6.24. The summed E-state index contributed by atoms with van der Waals surface area (Å²) in [7, 11) is 0. The van der Waals surface area contributed by atoms with Crippen LogP contribution in [0.4, 0.5) is 0 Å². The minimum atomic E-state index is -0.0107. The first-order chi connectivity index (χ1) is 20.1. The minimum Gasteiger partial charge on any atom is -0.0619 e. The maximum Gasteiger partial charge on any atom is 0.0159 e. The average molecular weight is 521 g/mol. The molecule has 0 spiro atoms. The Kier molecular flexibility index (Phi) is 4.49. The Hall–Kier alpha value is -4.94. The molecule has 0 heterocycles. The third kappa shape index (κ3) is 3.05. The van der Waals surface area contributed by atoms with Gasteiger partial charge in [-0.15, -0.1) is 0 Å². The zero-order valence-electron chi connectivity index (χ0n) is 23.2. The Morgan fingerprint density at radius 1 is 0.390 bits per heavy atom. The minimum absolute atomic E-state index is 0.0107. The molecule has 0 bridgehead atoms. The smallest absolute Gasteiger partial charge is 0.0159 e. The highest BCUT2D eigenvalue weighted by Crippen LogP contribution is 2.54. The molecule has 0 saturated carbocycles. The van der Waals surface area contributed by atoms with E-state index in [4.69, 9.17) is 0 Å². The third-order valence-electron chi connectivity index (χ3n) is 9.58. The van der Waals surface area contributed by atoms with E-state index in [9.17, 15) is 0 Å². The van der Waals surface area contributed by atoms with Gasteiger partial charge in [0.1, 0.15) is 0 Å². The van der Waals surface area contributed by atoms with E-state index in [1.165, 1.54) is 88.3 Å². The molecule has 0 atom stereocenters. The molecular weight excluding hydrogens is 492 g/mol. The van der Waals surface area contributed by atoms with Crippen molar-refractivity contribution in [1.29, 1.82) is 0 Å². The summed E-state index contributed by atoms with van der Waals surface area (Å²) in [6, 6.07) is 49.8. The summed E-state index contributed by atoms with van der Waals surface area (Å²) < 4.78 is 0. The van der Waals surface area contributed by atoms with E-state index in [2.05, 4.69) is 147 Å². The third-order valence-corrected chi connectivity index (χ3v) is 9.58. The SMILES string of the molecule is CC1(C)c2ccccc2-c2ccc(-c3cccc(-c4cc5ccccc5c5c4-c4cccc6cccc-5c46)c3)cc21. The second kappa shape index (κ2) is 8.05. The van der Waals surface area contributed by atoms with Crippen LogP contribution in [0.5, 0.6) is 0 Å². The first-order valence-corrected chi connectivity index (χ1v) is 14.5. The molecule has 0 aliphatic heterocycles. The van der Waals surface area contributed by atoms with Crippen LogP contribution < -0.4 is 0 Å². The van der Waals surface area contributed by atoms with Gasteiger partial charge in [0, 0.05) is 5.41 Å². The molecule has 0 N–H and O–H groups in total. The van der Waals surface area contributed by atoms with Crippen LogP contribution in [0.2, 0.25) is 0 Å². The molecular formula is C41H28. The lowest BCUT2D eigenvalue weighted by Gasteiger charge is -2.22. The van der Waals surface area contributed by atoms with Crippen molar-refractivity contribution in [1.82, 2.24) is 0 Å². The maximum atomic E-state index is 2.43. The zero-order valence-corrected chi connectivity index (χ0v) is 23.2.